The fourth-order valence-electron chi connectivity index (χ4n) is 4.10. The molecule has 0 amide bonds. The summed E-state index contributed by atoms with van der Waals surface area (Å²) < 4.78 is 13.3. The van der Waals surface area contributed by atoms with E-state index in [1.807, 2.05) is 36.4 Å². The molecule has 1 saturated heterocycles. The van der Waals surface area contributed by atoms with Crippen molar-refractivity contribution in [1.29, 1.82) is 0 Å². The molecule has 1 aliphatic heterocycles. The van der Waals surface area contributed by atoms with Gasteiger partial charge in [-0.05, 0) is 79.1 Å². The minimum Gasteiger partial charge on any atom is -0.369 e. The number of halogens is 2. The summed E-state index contributed by atoms with van der Waals surface area (Å²) in [7, 11) is 0. The van der Waals surface area contributed by atoms with Crippen molar-refractivity contribution in [2.24, 2.45) is 0 Å². The fraction of sp³-hybridized carbons (Fsp3) is 0.292. The van der Waals surface area contributed by atoms with Crippen LogP contribution in [0.1, 0.15) is 17.8 Å². The van der Waals surface area contributed by atoms with Crippen LogP contribution in [0.2, 0.25) is 5.02 Å². The molecule has 8 heteroatoms. The number of rotatable bonds is 6. The minimum absolute atomic E-state index is 0.110. The Balaban J connectivity index is 1.40. The van der Waals surface area contributed by atoms with E-state index in [0.29, 0.717) is 10.1 Å². The van der Waals surface area contributed by atoms with Crippen LogP contribution in [0.4, 0.5) is 15.8 Å². The van der Waals surface area contributed by atoms with Gasteiger partial charge in [-0.15, -0.1) is 11.3 Å². The molecule has 2 N–H and O–H groups in total. The Hall–Kier alpha value is -2.19. The Morgan fingerprint density at radius 3 is 2.34 bits per heavy atom. The summed E-state index contributed by atoms with van der Waals surface area (Å²) in [5.41, 5.74) is 1.97. The van der Waals surface area contributed by atoms with Gasteiger partial charge in [0.05, 0.1) is 6.04 Å². The molecular weight excluding hydrogens is 463 g/mol. The van der Waals surface area contributed by atoms with Crippen LogP contribution in [-0.4, -0.2) is 42.2 Å². The first-order chi connectivity index (χ1) is 15.5. The number of benzene rings is 2. The zero-order valence-electron chi connectivity index (χ0n) is 17.8. The largest absolute Gasteiger partial charge is 0.369 e. The molecule has 32 heavy (non-hydrogen) atoms. The van der Waals surface area contributed by atoms with Crippen LogP contribution < -0.4 is 15.5 Å². The molecule has 2 heterocycles. The van der Waals surface area contributed by atoms with Gasteiger partial charge in [-0.3, -0.25) is 4.90 Å². The summed E-state index contributed by atoms with van der Waals surface area (Å²) >= 11 is 13.3. The van der Waals surface area contributed by atoms with Gasteiger partial charge in [0.25, 0.3) is 0 Å². The standard InChI is InChI=1S/C24H26ClFN4S2/c1-17(27-24(31)28-20-8-4-18(25)5-9-20)23(22-3-2-16-32-22)30-14-12-29(13-15-30)21-10-6-19(26)7-11-21/h2-11,16-17,23H,12-15H2,1H3,(H2,27,28,31)/t17-,23+/m0/s1. The molecule has 1 aromatic heterocycles. The number of thiophene rings is 1. The summed E-state index contributed by atoms with van der Waals surface area (Å²) in [6.07, 6.45) is 0. The highest BCUT2D eigenvalue weighted by atomic mass is 35.5. The van der Waals surface area contributed by atoms with Gasteiger partial charge in [0.1, 0.15) is 5.82 Å². The fourth-order valence-corrected chi connectivity index (χ4v) is 5.49. The first-order valence-electron chi connectivity index (χ1n) is 10.6. The first kappa shape index (κ1) is 23.0. The SMILES string of the molecule is C[C@H](NC(=S)Nc1ccc(Cl)cc1)[C@H](c1cccs1)N1CCN(c2ccc(F)cc2)CC1. The van der Waals surface area contributed by atoms with Crippen molar-refractivity contribution in [1.82, 2.24) is 10.2 Å². The lowest BCUT2D eigenvalue weighted by Crippen LogP contribution is -2.52. The molecule has 0 radical (unpaired) electrons. The second-order valence-corrected chi connectivity index (χ2v) is 9.68. The normalized spacial score (nSPS) is 16.4. The van der Waals surface area contributed by atoms with E-state index in [2.05, 4.69) is 44.9 Å². The van der Waals surface area contributed by atoms with Gasteiger partial charge >= 0.3 is 0 Å². The smallest absolute Gasteiger partial charge is 0.171 e. The number of anilines is 2. The van der Waals surface area contributed by atoms with Crippen LogP contribution in [-0.2, 0) is 0 Å². The minimum atomic E-state index is -0.201. The van der Waals surface area contributed by atoms with E-state index in [1.165, 1.54) is 17.0 Å². The van der Waals surface area contributed by atoms with Gasteiger partial charge < -0.3 is 15.5 Å². The summed E-state index contributed by atoms with van der Waals surface area (Å²) in [5, 5.41) is 10.1. The third kappa shape index (κ3) is 5.78. The first-order valence-corrected chi connectivity index (χ1v) is 12.3. The Morgan fingerprint density at radius 1 is 1.03 bits per heavy atom. The number of nitrogens with zero attached hydrogens (tertiary/aromatic N) is 2. The van der Waals surface area contributed by atoms with E-state index >= 15 is 0 Å². The molecular formula is C24H26ClFN4S2. The lowest BCUT2D eigenvalue weighted by atomic mass is 10.0. The number of hydrogen-bond acceptors (Lipinski definition) is 4. The van der Waals surface area contributed by atoms with Crippen molar-refractivity contribution in [2.75, 3.05) is 36.4 Å². The number of hydrogen-bond donors (Lipinski definition) is 2. The van der Waals surface area contributed by atoms with Gasteiger partial charge in [-0.1, -0.05) is 17.7 Å². The molecule has 1 aliphatic rings. The topological polar surface area (TPSA) is 30.5 Å². The zero-order valence-corrected chi connectivity index (χ0v) is 20.2. The molecule has 2 atom stereocenters. The van der Waals surface area contributed by atoms with Gasteiger partial charge in [0.15, 0.2) is 5.11 Å². The lowest BCUT2D eigenvalue weighted by molar-refractivity contribution is 0.163. The van der Waals surface area contributed by atoms with Crippen LogP contribution >= 0.6 is 35.2 Å². The van der Waals surface area contributed by atoms with Crippen molar-refractivity contribution in [3.8, 4) is 0 Å². The van der Waals surface area contributed by atoms with Gasteiger partial charge in [0.2, 0.25) is 0 Å². The molecule has 4 rings (SSSR count). The van der Waals surface area contributed by atoms with Crippen molar-refractivity contribution in [3.05, 3.63) is 81.8 Å². The highest BCUT2D eigenvalue weighted by Crippen LogP contribution is 2.30. The Labute approximate surface area is 203 Å². The predicted octanol–water partition coefficient (Wildman–Crippen LogP) is 5.78. The molecule has 0 unspecified atom stereocenters. The maximum Gasteiger partial charge on any atom is 0.171 e. The van der Waals surface area contributed by atoms with E-state index in [9.17, 15) is 4.39 Å². The highest BCUT2D eigenvalue weighted by molar-refractivity contribution is 7.80. The number of piperazine rings is 1. The third-order valence-electron chi connectivity index (χ3n) is 5.67. The van der Waals surface area contributed by atoms with Crippen molar-refractivity contribution >= 4 is 51.6 Å². The molecule has 0 saturated carbocycles. The van der Waals surface area contributed by atoms with Crippen molar-refractivity contribution in [2.45, 2.75) is 19.0 Å². The van der Waals surface area contributed by atoms with Crippen LogP contribution in [0.15, 0.2) is 66.0 Å². The number of thiocarbonyl (C=S) groups is 1. The monoisotopic (exact) mass is 488 g/mol. The van der Waals surface area contributed by atoms with Crippen LogP contribution in [0.25, 0.3) is 0 Å². The molecule has 0 spiro atoms. The Kier molecular flexibility index (Phi) is 7.63. The van der Waals surface area contributed by atoms with E-state index in [0.717, 1.165) is 37.6 Å². The maximum absolute atomic E-state index is 13.3. The van der Waals surface area contributed by atoms with Crippen LogP contribution in [0, 0.1) is 5.82 Å². The summed E-state index contributed by atoms with van der Waals surface area (Å²) in [5.74, 6) is -0.201. The molecule has 0 aliphatic carbocycles. The van der Waals surface area contributed by atoms with Gasteiger partial charge in [0, 0.05) is 53.5 Å². The van der Waals surface area contributed by atoms with Gasteiger partial charge in [-0.25, -0.2) is 4.39 Å². The molecule has 4 nitrogen and oxygen atoms in total. The van der Waals surface area contributed by atoms with Crippen molar-refractivity contribution < 1.29 is 4.39 Å². The predicted molar refractivity (Wildman–Crippen MR) is 138 cm³/mol. The Bertz CT molecular complexity index is 1000. The average molecular weight is 489 g/mol. The lowest BCUT2D eigenvalue weighted by Gasteiger charge is -2.42. The van der Waals surface area contributed by atoms with Crippen LogP contribution in [0.5, 0.6) is 0 Å². The summed E-state index contributed by atoms with van der Waals surface area (Å²) in [6, 6.07) is 18.9. The summed E-state index contributed by atoms with van der Waals surface area (Å²) in [6.45, 7) is 5.81. The molecule has 2 aromatic carbocycles. The van der Waals surface area contributed by atoms with Crippen molar-refractivity contribution in [3.63, 3.8) is 0 Å². The maximum atomic E-state index is 13.3. The third-order valence-corrected chi connectivity index (χ3v) is 7.08. The zero-order chi connectivity index (χ0) is 22.5. The quantitative estimate of drug-likeness (QED) is 0.429. The summed E-state index contributed by atoms with van der Waals surface area (Å²) in [4.78, 5) is 6.13. The van der Waals surface area contributed by atoms with E-state index < -0.39 is 0 Å². The second-order valence-electron chi connectivity index (χ2n) is 7.85. The highest BCUT2D eigenvalue weighted by Gasteiger charge is 2.30. The molecule has 1 fully saturated rings. The van der Waals surface area contributed by atoms with Gasteiger partial charge in [-0.2, -0.15) is 0 Å². The van der Waals surface area contributed by atoms with Crippen LogP contribution in [0.3, 0.4) is 0 Å². The molecule has 0 bridgehead atoms. The molecule has 3 aromatic rings. The van der Waals surface area contributed by atoms with E-state index in [4.69, 9.17) is 23.8 Å². The van der Waals surface area contributed by atoms with E-state index in [-0.39, 0.29) is 17.9 Å². The second kappa shape index (κ2) is 10.6. The number of nitrogens with one attached hydrogen (secondary N) is 2. The molecule has 168 valence electrons. The average Bonchev–Trinajstić information content (AvgIpc) is 3.31. The Morgan fingerprint density at radius 2 is 1.72 bits per heavy atom. The van der Waals surface area contributed by atoms with E-state index in [1.54, 1.807) is 11.3 Å².